The molecule has 5 aliphatic heterocycles. The third-order valence-electron chi connectivity index (χ3n) is 18.3. The lowest BCUT2D eigenvalue weighted by Crippen LogP contribution is -2.67. The number of ether oxygens (including phenoxy) is 8. The van der Waals surface area contributed by atoms with Crippen molar-refractivity contribution in [3.63, 3.8) is 0 Å². The maximum Gasteiger partial charge on any atom is 0.187 e. The summed E-state index contributed by atoms with van der Waals surface area (Å²) in [5.74, 6) is 3.29. The van der Waals surface area contributed by atoms with Gasteiger partial charge in [-0.1, -0.05) is 27.7 Å². The molecule has 0 amide bonds. The topological polar surface area (TPSA) is 276 Å². The first kappa shape index (κ1) is 47.4. The van der Waals surface area contributed by atoms with Crippen molar-refractivity contribution in [1.82, 2.24) is 0 Å². The average Bonchev–Trinajstić information content (AvgIpc) is 3.72. The van der Waals surface area contributed by atoms with Gasteiger partial charge in [-0.15, -0.1) is 0 Å². The van der Waals surface area contributed by atoms with Crippen LogP contribution in [0, 0.1) is 52.3 Å². The minimum absolute atomic E-state index is 0.134. The van der Waals surface area contributed by atoms with Crippen LogP contribution in [-0.2, 0) is 37.9 Å². The van der Waals surface area contributed by atoms with Crippen LogP contribution in [0.1, 0.15) is 91.9 Å². The maximum absolute atomic E-state index is 11.5. The van der Waals surface area contributed by atoms with Crippen molar-refractivity contribution in [2.24, 2.45) is 52.3 Å². The number of hydrogen-bond donors (Lipinski definition) is 10. The molecule has 0 unspecified atom stereocenters. The molecule has 4 aliphatic carbocycles. The standard InChI is InChI=1S/C45H74O18/c1-19-7-12-45(56-18-19)20(2)30-26(63-45)14-25-23-6-5-21-13-22(8-10-43(21,3)24(23)9-11-44(25,30)4)57-40-37(55)35(53)38(29(17-48)60-40)61-42-39(34(52)32(50)28(16-47)59-42)62-41-36(54)33(51)31(49)27(15-46)58-41/h19-42,46-55H,5-18H2,1-4H3/t19-,20+,21+,22+,23-,24-,25+,26+,27-,28-,29+,30+,31+,32-,33-,34+,35+,36+,37+,38+,39+,40+,41+,42+,43-,44-,45-/m1/s1. The van der Waals surface area contributed by atoms with E-state index in [0.29, 0.717) is 41.4 Å². The van der Waals surface area contributed by atoms with Crippen molar-refractivity contribution in [2.75, 3.05) is 26.4 Å². The van der Waals surface area contributed by atoms with Crippen molar-refractivity contribution in [3.05, 3.63) is 0 Å². The first-order valence-corrected chi connectivity index (χ1v) is 23.8. The van der Waals surface area contributed by atoms with E-state index < -0.39 is 118 Å². The van der Waals surface area contributed by atoms with Crippen LogP contribution in [0.4, 0.5) is 0 Å². The van der Waals surface area contributed by atoms with E-state index in [9.17, 15) is 51.1 Å². The second-order valence-corrected chi connectivity index (χ2v) is 21.5. The summed E-state index contributed by atoms with van der Waals surface area (Å²) in [7, 11) is 0. The quantitative estimate of drug-likeness (QED) is 0.128. The molecule has 1 spiro atoms. The highest BCUT2D eigenvalue weighted by molar-refractivity contribution is 5.15. The summed E-state index contributed by atoms with van der Waals surface area (Å²) in [5.41, 5.74) is 0.364. The van der Waals surface area contributed by atoms with Crippen molar-refractivity contribution in [2.45, 2.75) is 202 Å². The molecule has 27 atom stereocenters. The summed E-state index contributed by atoms with van der Waals surface area (Å²) in [5, 5.41) is 106. The number of rotatable bonds is 9. The van der Waals surface area contributed by atoms with Crippen LogP contribution in [0.2, 0.25) is 0 Å². The first-order chi connectivity index (χ1) is 30.0. The Balaban J connectivity index is 0.833. The SMILES string of the molecule is C[C@@H]1CC[C@@]2(OC1)O[C@H]1C[C@H]3[C@@H]4CC[C@H]5C[C@@H](O[C@H]6O[C@@H](CO)[C@H](O[C@@H]7O[C@H](CO)[C@@H](O)[C@H](O)[C@@H]7O[C@@H]7O[C@H](CO)[C@H](O)[C@@H](O)[C@@H]7O)[C@@H](O)[C@@H]6O)CC[C@@]5(C)[C@@H]4CC[C@@]3(C)[C@H]1[C@@H]2C. The van der Waals surface area contributed by atoms with Crippen molar-refractivity contribution in [3.8, 4) is 0 Å². The van der Waals surface area contributed by atoms with Gasteiger partial charge in [0.2, 0.25) is 0 Å². The van der Waals surface area contributed by atoms with E-state index in [0.717, 1.165) is 58.0 Å². The number of aliphatic hydroxyl groups is 10. The van der Waals surface area contributed by atoms with Crippen molar-refractivity contribution < 1.29 is 89.0 Å². The monoisotopic (exact) mass is 902 g/mol. The molecule has 10 N–H and O–H groups in total. The predicted molar refractivity (Wildman–Crippen MR) is 216 cm³/mol. The van der Waals surface area contributed by atoms with Gasteiger partial charge in [-0.05, 0) is 104 Å². The lowest BCUT2D eigenvalue weighted by molar-refractivity contribution is -0.390. The third kappa shape index (κ3) is 7.88. The Bertz CT molecular complexity index is 1570. The molecule has 0 aromatic carbocycles. The molecule has 5 heterocycles. The zero-order valence-corrected chi connectivity index (χ0v) is 37.0. The lowest BCUT2D eigenvalue weighted by atomic mass is 9.44. The molecular weight excluding hydrogens is 828 g/mol. The van der Waals surface area contributed by atoms with Gasteiger partial charge in [0.1, 0.15) is 73.2 Å². The van der Waals surface area contributed by atoms with E-state index in [1.165, 1.54) is 12.8 Å². The molecule has 18 heteroatoms. The van der Waals surface area contributed by atoms with Gasteiger partial charge in [0.25, 0.3) is 0 Å². The molecule has 4 saturated carbocycles. The largest absolute Gasteiger partial charge is 0.394 e. The lowest BCUT2D eigenvalue weighted by Gasteiger charge is -2.61. The Morgan fingerprint density at radius 1 is 0.556 bits per heavy atom. The summed E-state index contributed by atoms with van der Waals surface area (Å²) in [4.78, 5) is 0. The average molecular weight is 903 g/mol. The number of fused-ring (bicyclic) bond motifs is 7. The van der Waals surface area contributed by atoms with Gasteiger partial charge in [0, 0.05) is 12.3 Å². The molecule has 9 aliphatic rings. The van der Waals surface area contributed by atoms with E-state index in [-0.39, 0.29) is 23.0 Å². The minimum atomic E-state index is -1.89. The zero-order valence-electron chi connectivity index (χ0n) is 37.0. The summed E-state index contributed by atoms with van der Waals surface area (Å²) < 4.78 is 49.0. The van der Waals surface area contributed by atoms with Gasteiger partial charge in [-0.2, -0.15) is 0 Å². The fourth-order valence-corrected chi connectivity index (χ4v) is 14.7. The van der Waals surface area contributed by atoms with Crippen LogP contribution in [0.5, 0.6) is 0 Å². The Kier molecular flexibility index (Phi) is 13.5. The predicted octanol–water partition coefficient (Wildman–Crippen LogP) is -0.734. The van der Waals surface area contributed by atoms with Crippen LogP contribution in [-0.4, -0.2) is 188 Å². The molecule has 63 heavy (non-hydrogen) atoms. The minimum Gasteiger partial charge on any atom is -0.394 e. The van der Waals surface area contributed by atoms with Crippen molar-refractivity contribution >= 4 is 0 Å². The van der Waals surface area contributed by atoms with Gasteiger partial charge in [-0.25, -0.2) is 0 Å². The van der Waals surface area contributed by atoms with E-state index in [4.69, 9.17) is 37.9 Å². The fourth-order valence-electron chi connectivity index (χ4n) is 14.7. The Labute approximate surface area is 369 Å². The molecular formula is C45H74O18. The Hall–Kier alpha value is -0.720. The number of aliphatic hydroxyl groups excluding tert-OH is 10. The zero-order chi connectivity index (χ0) is 44.9. The smallest absolute Gasteiger partial charge is 0.187 e. The van der Waals surface area contributed by atoms with Crippen LogP contribution >= 0.6 is 0 Å². The van der Waals surface area contributed by atoms with E-state index in [1.54, 1.807) is 0 Å². The van der Waals surface area contributed by atoms with E-state index in [1.807, 2.05) is 0 Å². The van der Waals surface area contributed by atoms with Crippen LogP contribution in [0.15, 0.2) is 0 Å². The molecule has 362 valence electrons. The van der Waals surface area contributed by atoms with E-state index >= 15 is 0 Å². The maximum atomic E-state index is 11.5. The van der Waals surface area contributed by atoms with Crippen LogP contribution in [0.3, 0.4) is 0 Å². The van der Waals surface area contributed by atoms with Crippen LogP contribution in [0.25, 0.3) is 0 Å². The van der Waals surface area contributed by atoms with Gasteiger partial charge < -0.3 is 89.0 Å². The van der Waals surface area contributed by atoms with Crippen LogP contribution < -0.4 is 0 Å². The van der Waals surface area contributed by atoms with E-state index in [2.05, 4.69) is 27.7 Å². The molecule has 9 rings (SSSR count). The second-order valence-electron chi connectivity index (χ2n) is 21.5. The summed E-state index contributed by atoms with van der Waals surface area (Å²) >= 11 is 0. The Morgan fingerprint density at radius 3 is 1.84 bits per heavy atom. The van der Waals surface area contributed by atoms with Gasteiger partial charge in [0.05, 0.1) is 38.6 Å². The molecule has 9 fully saturated rings. The normalized spacial score (nSPS) is 58.2. The summed E-state index contributed by atoms with van der Waals surface area (Å²) in [6.45, 7) is 8.23. The summed E-state index contributed by atoms with van der Waals surface area (Å²) in [6, 6.07) is 0. The molecule has 0 aromatic rings. The molecule has 0 bridgehead atoms. The molecule has 18 nitrogen and oxygen atoms in total. The van der Waals surface area contributed by atoms with Gasteiger partial charge in [0.15, 0.2) is 24.7 Å². The highest BCUT2D eigenvalue weighted by Gasteiger charge is 2.69. The first-order valence-electron chi connectivity index (χ1n) is 23.8. The van der Waals surface area contributed by atoms with Gasteiger partial charge in [-0.3, -0.25) is 0 Å². The molecule has 0 radical (unpaired) electrons. The summed E-state index contributed by atoms with van der Waals surface area (Å²) in [6.07, 6.45) is -14.2. The molecule has 0 aromatic heterocycles. The Morgan fingerprint density at radius 2 is 1.16 bits per heavy atom. The number of hydrogen-bond acceptors (Lipinski definition) is 18. The van der Waals surface area contributed by atoms with Gasteiger partial charge >= 0.3 is 0 Å². The fraction of sp³-hybridized carbons (Fsp3) is 1.00. The third-order valence-corrected chi connectivity index (χ3v) is 18.3. The second kappa shape index (κ2) is 18.0. The molecule has 5 saturated heterocycles. The highest BCUT2D eigenvalue weighted by Crippen LogP contribution is 2.71. The van der Waals surface area contributed by atoms with Crippen molar-refractivity contribution in [1.29, 1.82) is 0 Å². The highest BCUT2D eigenvalue weighted by atomic mass is 16.8.